The quantitative estimate of drug-likeness (QED) is 0.607. The van der Waals surface area contributed by atoms with E-state index in [-0.39, 0.29) is 0 Å². The van der Waals surface area contributed by atoms with Gasteiger partial charge in [0, 0.05) is 22.7 Å². The molecular weight excluding hydrogens is 228 g/mol. The molecule has 0 amide bonds. The van der Waals surface area contributed by atoms with Gasteiger partial charge in [-0.15, -0.1) is 11.3 Å². The van der Waals surface area contributed by atoms with E-state index in [0.29, 0.717) is 5.16 Å². The first-order chi connectivity index (χ1) is 7.28. The maximum atomic E-state index is 10.5. The molecule has 0 N–H and O–H groups in total. The van der Waals surface area contributed by atoms with Gasteiger partial charge in [-0.1, -0.05) is 0 Å². The lowest BCUT2D eigenvalue weighted by Crippen LogP contribution is -1.85. The van der Waals surface area contributed by atoms with E-state index < -0.39 is 0 Å². The van der Waals surface area contributed by atoms with Gasteiger partial charge in [-0.05, 0) is 30.3 Å². The molecule has 0 unspecified atom stereocenters. The standard InChI is InChI=1S/C10H8N2OS2/c1-7-3-11-10(12-4-7)15-9-2-8(5-13)14-6-9/h2-6H,1H3. The number of carbonyl (C=O) groups excluding carboxylic acids is 1. The zero-order valence-corrected chi connectivity index (χ0v) is 9.64. The number of rotatable bonds is 3. The van der Waals surface area contributed by atoms with Crippen molar-refractivity contribution in [2.45, 2.75) is 17.0 Å². The Bertz CT molecular complexity index is 465. The fourth-order valence-corrected chi connectivity index (χ4v) is 2.58. The third-order valence-electron chi connectivity index (χ3n) is 1.68. The lowest BCUT2D eigenvalue weighted by atomic mass is 10.4. The van der Waals surface area contributed by atoms with Gasteiger partial charge in [0.2, 0.25) is 0 Å². The average molecular weight is 236 g/mol. The highest BCUT2D eigenvalue weighted by Crippen LogP contribution is 2.28. The van der Waals surface area contributed by atoms with Crippen molar-refractivity contribution in [2.24, 2.45) is 0 Å². The van der Waals surface area contributed by atoms with Crippen molar-refractivity contribution < 1.29 is 4.79 Å². The minimum Gasteiger partial charge on any atom is -0.297 e. The Kier molecular flexibility index (Phi) is 3.13. The van der Waals surface area contributed by atoms with Crippen molar-refractivity contribution in [2.75, 3.05) is 0 Å². The first kappa shape index (κ1) is 10.3. The Hall–Kier alpha value is -1.20. The van der Waals surface area contributed by atoms with Gasteiger partial charge in [0.05, 0.1) is 4.88 Å². The molecule has 0 atom stereocenters. The van der Waals surface area contributed by atoms with E-state index in [1.807, 2.05) is 18.4 Å². The molecule has 0 aliphatic carbocycles. The Labute approximate surface area is 95.6 Å². The number of aryl methyl sites for hydroxylation is 1. The van der Waals surface area contributed by atoms with Crippen LogP contribution < -0.4 is 0 Å². The highest BCUT2D eigenvalue weighted by atomic mass is 32.2. The van der Waals surface area contributed by atoms with Crippen molar-refractivity contribution in [1.82, 2.24) is 9.97 Å². The topological polar surface area (TPSA) is 42.9 Å². The molecule has 0 bridgehead atoms. The molecule has 0 spiro atoms. The van der Waals surface area contributed by atoms with Gasteiger partial charge in [0.25, 0.3) is 0 Å². The number of carbonyl (C=O) groups is 1. The summed E-state index contributed by atoms with van der Waals surface area (Å²) < 4.78 is 0. The van der Waals surface area contributed by atoms with Crippen LogP contribution >= 0.6 is 23.1 Å². The molecule has 0 fully saturated rings. The Morgan fingerprint density at radius 2 is 2.13 bits per heavy atom. The number of hydrogen-bond acceptors (Lipinski definition) is 5. The number of aldehydes is 1. The second-order valence-corrected chi connectivity index (χ2v) is 4.93. The van der Waals surface area contributed by atoms with Gasteiger partial charge >= 0.3 is 0 Å². The fraction of sp³-hybridized carbons (Fsp3) is 0.100. The van der Waals surface area contributed by atoms with Crippen LogP contribution in [0.2, 0.25) is 0 Å². The van der Waals surface area contributed by atoms with E-state index in [1.54, 1.807) is 12.4 Å². The lowest BCUT2D eigenvalue weighted by molar-refractivity contribution is 0.112. The summed E-state index contributed by atoms with van der Waals surface area (Å²) in [5, 5.41) is 2.63. The summed E-state index contributed by atoms with van der Waals surface area (Å²) >= 11 is 2.89. The monoisotopic (exact) mass is 236 g/mol. The third kappa shape index (κ3) is 2.64. The molecule has 2 rings (SSSR count). The Morgan fingerprint density at radius 1 is 1.40 bits per heavy atom. The van der Waals surface area contributed by atoms with E-state index in [0.717, 1.165) is 21.6 Å². The van der Waals surface area contributed by atoms with Crippen LogP contribution in [0.4, 0.5) is 0 Å². The third-order valence-corrected chi connectivity index (χ3v) is 3.55. The second-order valence-electron chi connectivity index (χ2n) is 2.95. The zero-order valence-electron chi connectivity index (χ0n) is 8.01. The summed E-state index contributed by atoms with van der Waals surface area (Å²) in [6.45, 7) is 1.95. The molecule has 5 heteroatoms. The number of aromatic nitrogens is 2. The maximum absolute atomic E-state index is 10.5. The molecule has 0 radical (unpaired) electrons. The minimum absolute atomic E-state index is 0.704. The smallest absolute Gasteiger partial charge is 0.192 e. The predicted octanol–water partition coefficient (Wildman–Crippen LogP) is 2.81. The van der Waals surface area contributed by atoms with Crippen molar-refractivity contribution in [3.63, 3.8) is 0 Å². The zero-order chi connectivity index (χ0) is 10.7. The van der Waals surface area contributed by atoms with Gasteiger partial charge in [-0.3, -0.25) is 4.79 Å². The summed E-state index contributed by atoms with van der Waals surface area (Å²) in [5.41, 5.74) is 1.04. The van der Waals surface area contributed by atoms with Gasteiger partial charge < -0.3 is 0 Å². The van der Waals surface area contributed by atoms with Crippen LogP contribution in [-0.2, 0) is 0 Å². The molecule has 0 saturated heterocycles. The van der Waals surface area contributed by atoms with Gasteiger partial charge in [0.15, 0.2) is 11.4 Å². The second kappa shape index (κ2) is 4.55. The minimum atomic E-state index is 0.704. The first-order valence-corrected chi connectivity index (χ1v) is 5.98. The molecule has 0 aliphatic rings. The summed E-state index contributed by atoms with van der Waals surface area (Å²) in [7, 11) is 0. The van der Waals surface area contributed by atoms with Crippen LogP contribution in [-0.4, -0.2) is 16.3 Å². The number of thiophene rings is 1. The molecule has 2 heterocycles. The SMILES string of the molecule is Cc1cnc(Sc2csc(C=O)c2)nc1. The summed E-state index contributed by atoms with van der Waals surface area (Å²) in [4.78, 5) is 20.6. The fourth-order valence-electron chi connectivity index (χ4n) is 0.989. The van der Waals surface area contributed by atoms with Crippen LogP contribution in [0.3, 0.4) is 0 Å². The Morgan fingerprint density at radius 3 is 2.73 bits per heavy atom. The lowest BCUT2D eigenvalue weighted by Gasteiger charge is -1.96. The van der Waals surface area contributed by atoms with E-state index in [4.69, 9.17) is 0 Å². The molecule has 0 aromatic carbocycles. The van der Waals surface area contributed by atoms with Crippen LogP contribution in [0.5, 0.6) is 0 Å². The number of nitrogens with zero attached hydrogens (tertiary/aromatic N) is 2. The van der Waals surface area contributed by atoms with Crippen LogP contribution in [0.25, 0.3) is 0 Å². The predicted molar refractivity (Wildman–Crippen MR) is 60.6 cm³/mol. The largest absolute Gasteiger partial charge is 0.297 e. The molecule has 0 saturated carbocycles. The van der Waals surface area contributed by atoms with Crippen LogP contribution in [0.15, 0.2) is 33.9 Å². The van der Waals surface area contributed by atoms with Crippen molar-refractivity contribution in [3.05, 3.63) is 34.3 Å². The molecule has 2 aromatic heterocycles. The highest BCUT2D eigenvalue weighted by molar-refractivity contribution is 7.99. The van der Waals surface area contributed by atoms with E-state index in [9.17, 15) is 4.79 Å². The van der Waals surface area contributed by atoms with E-state index >= 15 is 0 Å². The van der Waals surface area contributed by atoms with Crippen molar-refractivity contribution in [3.8, 4) is 0 Å². The normalized spacial score (nSPS) is 10.2. The van der Waals surface area contributed by atoms with Crippen LogP contribution in [0.1, 0.15) is 15.2 Å². The summed E-state index contributed by atoms with van der Waals surface area (Å²) in [5.74, 6) is 0. The van der Waals surface area contributed by atoms with E-state index in [2.05, 4.69) is 9.97 Å². The van der Waals surface area contributed by atoms with Crippen molar-refractivity contribution in [1.29, 1.82) is 0 Å². The van der Waals surface area contributed by atoms with Gasteiger partial charge in [-0.2, -0.15) is 0 Å². The number of hydrogen-bond donors (Lipinski definition) is 0. The highest BCUT2D eigenvalue weighted by Gasteiger charge is 2.03. The Balaban J connectivity index is 2.14. The summed E-state index contributed by atoms with van der Waals surface area (Å²) in [6.07, 6.45) is 4.41. The van der Waals surface area contributed by atoms with Gasteiger partial charge in [-0.25, -0.2) is 9.97 Å². The first-order valence-electron chi connectivity index (χ1n) is 4.28. The van der Waals surface area contributed by atoms with Crippen molar-refractivity contribution >= 4 is 29.4 Å². The molecule has 76 valence electrons. The summed E-state index contributed by atoms with van der Waals surface area (Å²) in [6, 6.07) is 1.84. The average Bonchev–Trinajstić information content (AvgIpc) is 2.69. The molecular formula is C10H8N2OS2. The maximum Gasteiger partial charge on any atom is 0.192 e. The molecule has 2 aromatic rings. The molecule has 0 aliphatic heterocycles. The molecule has 3 nitrogen and oxygen atoms in total. The van der Waals surface area contributed by atoms with Gasteiger partial charge in [0.1, 0.15) is 0 Å². The molecule has 15 heavy (non-hydrogen) atoms. The van der Waals surface area contributed by atoms with Crippen LogP contribution in [0, 0.1) is 6.92 Å². The van der Waals surface area contributed by atoms with E-state index in [1.165, 1.54) is 23.1 Å².